The summed E-state index contributed by atoms with van der Waals surface area (Å²) in [6.07, 6.45) is -0.431. The Balaban J connectivity index is 1.37. The number of benzene rings is 3. The summed E-state index contributed by atoms with van der Waals surface area (Å²) in [6, 6.07) is 23.4. The van der Waals surface area contributed by atoms with E-state index < -0.39 is 24.0 Å². The second-order valence-corrected chi connectivity index (χ2v) is 14.3. The number of nitrogens with one attached hydrogen (secondary N) is 1. The van der Waals surface area contributed by atoms with Gasteiger partial charge in [0.25, 0.3) is 5.91 Å². The molecule has 0 radical (unpaired) electrons. The molecule has 268 valence electrons. The van der Waals surface area contributed by atoms with Gasteiger partial charge in [-0.3, -0.25) is 19.3 Å². The van der Waals surface area contributed by atoms with Gasteiger partial charge in [0.05, 0.1) is 18.8 Å². The maximum Gasteiger partial charge on any atom is 0.323 e. The number of aliphatic hydroxyl groups excluding tert-OH is 1. The van der Waals surface area contributed by atoms with Gasteiger partial charge in [0.1, 0.15) is 11.6 Å². The third-order valence-corrected chi connectivity index (χ3v) is 9.18. The van der Waals surface area contributed by atoms with Crippen LogP contribution in [0, 0.1) is 5.92 Å². The summed E-state index contributed by atoms with van der Waals surface area (Å²) in [5.74, 6) is -1.11. The van der Waals surface area contributed by atoms with E-state index >= 15 is 0 Å². The lowest BCUT2D eigenvalue weighted by Gasteiger charge is -2.43. The number of hydrogen-bond donors (Lipinski definition) is 2. The van der Waals surface area contributed by atoms with Crippen molar-refractivity contribution in [1.82, 2.24) is 10.2 Å². The molecule has 0 aliphatic carbocycles. The molecule has 2 saturated heterocycles. The minimum Gasteiger partial charge on any atom is -0.459 e. The van der Waals surface area contributed by atoms with E-state index in [1.807, 2.05) is 87.5 Å². The summed E-state index contributed by atoms with van der Waals surface area (Å²) in [5.41, 5.74) is 4.93. The lowest BCUT2D eigenvalue weighted by molar-refractivity contribution is -0.276. The lowest BCUT2D eigenvalue weighted by atomic mass is 9.89. The summed E-state index contributed by atoms with van der Waals surface area (Å²) in [6.45, 7) is 12.2. The molecule has 5 rings (SSSR count). The number of nitrogens with zero attached hydrogens (tertiary/aromatic N) is 1. The van der Waals surface area contributed by atoms with Crippen molar-refractivity contribution in [3.8, 4) is 11.1 Å². The summed E-state index contributed by atoms with van der Waals surface area (Å²) in [5, 5.41) is 12.5. The van der Waals surface area contributed by atoms with Crippen molar-refractivity contribution in [2.75, 3.05) is 13.1 Å². The molecule has 2 fully saturated rings. The largest absolute Gasteiger partial charge is 0.459 e. The third-order valence-electron chi connectivity index (χ3n) is 9.18. The highest BCUT2D eigenvalue weighted by molar-refractivity contribution is 5.83. The first-order valence-corrected chi connectivity index (χ1v) is 17.4. The molecule has 0 aromatic heterocycles. The zero-order valence-corrected chi connectivity index (χ0v) is 29.9. The molecule has 2 N–H and O–H groups in total. The van der Waals surface area contributed by atoms with Crippen LogP contribution in [0.25, 0.3) is 11.1 Å². The van der Waals surface area contributed by atoms with Crippen LogP contribution in [-0.4, -0.2) is 64.8 Å². The Hall–Kier alpha value is -4.09. The van der Waals surface area contributed by atoms with Gasteiger partial charge in [-0.2, -0.15) is 0 Å². The van der Waals surface area contributed by atoms with E-state index in [0.29, 0.717) is 6.54 Å². The van der Waals surface area contributed by atoms with Crippen molar-refractivity contribution in [3.05, 3.63) is 95.1 Å². The molecule has 0 saturated carbocycles. The minimum absolute atomic E-state index is 0.0372. The Kier molecular flexibility index (Phi) is 12.1. The van der Waals surface area contributed by atoms with Crippen LogP contribution in [0.2, 0.25) is 0 Å². The predicted molar refractivity (Wildman–Crippen MR) is 188 cm³/mol. The second-order valence-electron chi connectivity index (χ2n) is 14.3. The van der Waals surface area contributed by atoms with Gasteiger partial charge in [-0.25, -0.2) is 0 Å². The molecule has 6 atom stereocenters. The van der Waals surface area contributed by atoms with Gasteiger partial charge < -0.3 is 29.4 Å². The van der Waals surface area contributed by atoms with E-state index in [0.717, 1.165) is 52.8 Å². The van der Waals surface area contributed by atoms with Crippen LogP contribution in [0.3, 0.4) is 0 Å². The molecule has 50 heavy (non-hydrogen) atoms. The van der Waals surface area contributed by atoms with E-state index in [9.17, 15) is 19.5 Å². The first-order chi connectivity index (χ1) is 23.8. The second kappa shape index (κ2) is 16.3. The Morgan fingerprint density at radius 3 is 2.34 bits per heavy atom. The number of esters is 2. The standard InChI is InChI=1S/C40H50N2O8/c1-25-35(23-42-19-9-14-34(42)38(46)50-40(4,5)6)48-39(49-36(25)30-17-15-28(24-43)16-18-30)33-13-8-12-32(21-33)31-11-7-10-29(20-31)22-41-37(45)26(2)47-27(3)44/h7-8,10-13,15-18,20-21,25-26,34-36,39,43H,9,14,19,22-24H2,1-6H3,(H,41,45)/t25-,26-,34-,35+,36+,39+/m0/s1. The number of carbonyl (C=O) groups is 3. The van der Waals surface area contributed by atoms with Gasteiger partial charge >= 0.3 is 11.9 Å². The fraction of sp³-hybridized carbons (Fsp3) is 0.475. The van der Waals surface area contributed by atoms with Crippen LogP contribution in [0.4, 0.5) is 0 Å². The normalized spacial score (nSPS) is 23.2. The molecular formula is C40H50N2O8. The van der Waals surface area contributed by atoms with Crippen LogP contribution in [0.1, 0.15) is 89.0 Å². The summed E-state index contributed by atoms with van der Waals surface area (Å²) < 4.78 is 24.3. The van der Waals surface area contributed by atoms with Crippen molar-refractivity contribution >= 4 is 17.8 Å². The first-order valence-electron chi connectivity index (χ1n) is 17.4. The van der Waals surface area contributed by atoms with Gasteiger partial charge in [-0.05, 0) is 87.0 Å². The quantitative estimate of drug-likeness (QED) is 0.234. The number of ether oxygens (including phenoxy) is 4. The molecule has 10 heteroatoms. The van der Waals surface area contributed by atoms with E-state index in [4.69, 9.17) is 18.9 Å². The molecule has 1 amide bonds. The predicted octanol–water partition coefficient (Wildman–Crippen LogP) is 6.01. The molecule has 3 aromatic rings. The summed E-state index contributed by atoms with van der Waals surface area (Å²) in [7, 11) is 0. The molecule has 0 bridgehead atoms. The zero-order valence-electron chi connectivity index (χ0n) is 29.9. The topological polar surface area (TPSA) is 124 Å². The fourth-order valence-corrected chi connectivity index (χ4v) is 6.60. The Morgan fingerprint density at radius 1 is 0.960 bits per heavy atom. The van der Waals surface area contributed by atoms with Gasteiger partial charge in [0, 0.05) is 31.5 Å². The maximum absolute atomic E-state index is 13.2. The molecule has 10 nitrogen and oxygen atoms in total. The lowest BCUT2D eigenvalue weighted by Crippen LogP contribution is -2.48. The molecule has 2 aliphatic rings. The van der Waals surface area contributed by atoms with E-state index in [2.05, 4.69) is 23.2 Å². The SMILES string of the molecule is CC(=O)O[C@@H](C)C(=O)NCc1cccc(-c2cccc([C@@H]3O[C@H](CN4CCC[C@H]4C(=O)OC(C)(C)C)[C@H](C)[C@H](c4ccc(CO)cc4)O3)c2)c1. The third kappa shape index (κ3) is 9.57. The molecule has 2 heterocycles. The maximum atomic E-state index is 13.2. The fourth-order valence-electron chi connectivity index (χ4n) is 6.60. The highest BCUT2D eigenvalue weighted by Crippen LogP contribution is 2.43. The smallest absolute Gasteiger partial charge is 0.323 e. The number of carbonyl (C=O) groups excluding carboxylic acids is 3. The van der Waals surface area contributed by atoms with Crippen LogP contribution >= 0.6 is 0 Å². The van der Waals surface area contributed by atoms with Crippen LogP contribution in [-0.2, 0) is 46.5 Å². The average molecular weight is 687 g/mol. The molecule has 0 spiro atoms. The molecule has 0 unspecified atom stereocenters. The van der Waals surface area contributed by atoms with Crippen LogP contribution in [0.15, 0.2) is 72.8 Å². The van der Waals surface area contributed by atoms with E-state index in [-0.39, 0.29) is 49.2 Å². The van der Waals surface area contributed by atoms with Crippen LogP contribution in [0.5, 0.6) is 0 Å². The Bertz CT molecular complexity index is 1630. The zero-order chi connectivity index (χ0) is 36.0. The Labute approximate surface area is 295 Å². The van der Waals surface area contributed by atoms with E-state index in [1.54, 1.807) is 6.92 Å². The highest BCUT2D eigenvalue weighted by Gasteiger charge is 2.42. The Morgan fingerprint density at radius 2 is 1.66 bits per heavy atom. The van der Waals surface area contributed by atoms with Crippen molar-refractivity contribution in [2.45, 2.75) is 104 Å². The number of hydrogen-bond acceptors (Lipinski definition) is 9. The molecular weight excluding hydrogens is 636 g/mol. The number of rotatable bonds is 11. The number of amides is 1. The van der Waals surface area contributed by atoms with Gasteiger partial charge in [0.15, 0.2) is 12.4 Å². The first kappa shape index (κ1) is 37.2. The average Bonchev–Trinajstić information content (AvgIpc) is 3.56. The van der Waals surface area contributed by atoms with Crippen molar-refractivity contribution < 1.29 is 38.4 Å². The molecule has 3 aromatic carbocycles. The molecule has 2 aliphatic heterocycles. The van der Waals surface area contributed by atoms with Crippen molar-refractivity contribution in [3.63, 3.8) is 0 Å². The number of likely N-dealkylation sites (tertiary alicyclic amines) is 1. The summed E-state index contributed by atoms with van der Waals surface area (Å²) in [4.78, 5) is 39.0. The highest BCUT2D eigenvalue weighted by atomic mass is 16.7. The van der Waals surface area contributed by atoms with E-state index in [1.165, 1.54) is 6.92 Å². The van der Waals surface area contributed by atoms with Crippen molar-refractivity contribution in [2.24, 2.45) is 5.92 Å². The summed E-state index contributed by atoms with van der Waals surface area (Å²) >= 11 is 0. The van der Waals surface area contributed by atoms with Gasteiger partial charge in [-0.15, -0.1) is 0 Å². The van der Waals surface area contributed by atoms with Crippen molar-refractivity contribution in [1.29, 1.82) is 0 Å². The monoisotopic (exact) mass is 686 g/mol. The van der Waals surface area contributed by atoms with Crippen LogP contribution < -0.4 is 5.32 Å². The van der Waals surface area contributed by atoms with Gasteiger partial charge in [-0.1, -0.05) is 67.6 Å². The number of aliphatic hydroxyl groups is 1. The van der Waals surface area contributed by atoms with Gasteiger partial charge in [0.2, 0.25) is 0 Å². The minimum atomic E-state index is -0.875.